The molecule has 1 aromatic rings. The summed E-state index contributed by atoms with van der Waals surface area (Å²) < 4.78 is 5.85. The first-order valence-corrected chi connectivity index (χ1v) is 5.78. The van der Waals surface area contributed by atoms with Crippen LogP contribution in [-0.4, -0.2) is 16.7 Å². The second-order valence-electron chi connectivity index (χ2n) is 5.69. The molecule has 0 aliphatic carbocycles. The first-order chi connectivity index (χ1) is 7.77. The number of aliphatic carboxylic acids is 1. The normalized spacial score (nSPS) is 24.6. The minimum Gasteiger partial charge on any atom is -0.487 e. The summed E-state index contributed by atoms with van der Waals surface area (Å²) in [6.45, 7) is 7.61. The Morgan fingerprint density at radius 1 is 1.24 bits per heavy atom. The van der Waals surface area contributed by atoms with Crippen molar-refractivity contribution in [1.82, 2.24) is 0 Å². The Labute approximate surface area is 101 Å². The molecule has 1 N–H and O–H groups in total. The van der Waals surface area contributed by atoms with Crippen LogP contribution < -0.4 is 4.74 Å². The molecule has 0 spiro atoms. The Balaban J connectivity index is 2.63. The van der Waals surface area contributed by atoms with E-state index in [0.29, 0.717) is 0 Å². The summed E-state index contributed by atoms with van der Waals surface area (Å²) >= 11 is 0. The number of carbonyl (C=O) groups is 1. The molecular formula is C14H18O3. The van der Waals surface area contributed by atoms with Gasteiger partial charge in [0.2, 0.25) is 0 Å². The Hall–Kier alpha value is -1.51. The van der Waals surface area contributed by atoms with Crippen molar-refractivity contribution in [2.45, 2.75) is 38.7 Å². The van der Waals surface area contributed by atoms with Crippen molar-refractivity contribution in [2.75, 3.05) is 0 Å². The molecule has 0 saturated heterocycles. The van der Waals surface area contributed by atoms with E-state index in [-0.39, 0.29) is 0 Å². The Morgan fingerprint density at radius 3 is 2.41 bits per heavy atom. The molecule has 1 atom stereocenters. The number of ether oxygens (including phenoxy) is 1. The zero-order chi connectivity index (χ0) is 12.8. The van der Waals surface area contributed by atoms with E-state index in [2.05, 4.69) is 0 Å². The smallest absolute Gasteiger partial charge is 0.311 e. The van der Waals surface area contributed by atoms with Crippen LogP contribution in [0.5, 0.6) is 5.75 Å². The molecule has 1 heterocycles. The number of carboxylic acids is 1. The maximum Gasteiger partial charge on any atom is 0.311 e. The van der Waals surface area contributed by atoms with Crippen molar-refractivity contribution >= 4 is 5.97 Å². The van der Waals surface area contributed by atoms with Crippen LogP contribution in [0.25, 0.3) is 0 Å². The lowest BCUT2D eigenvalue weighted by Crippen LogP contribution is -2.54. The van der Waals surface area contributed by atoms with Crippen LogP contribution in [0.4, 0.5) is 0 Å². The molecule has 0 saturated carbocycles. The van der Waals surface area contributed by atoms with Gasteiger partial charge >= 0.3 is 5.97 Å². The number of hydrogen-bond donors (Lipinski definition) is 1. The predicted molar refractivity (Wildman–Crippen MR) is 65.3 cm³/mol. The van der Waals surface area contributed by atoms with Gasteiger partial charge in [0.05, 0.1) is 0 Å². The van der Waals surface area contributed by atoms with Gasteiger partial charge in [-0.05, 0) is 19.9 Å². The maximum atomic E-state index is 11.5. The number of benzene rings is 1. The third-order valence-corrected chi connectivity index (χ3v) is 3.62. The first-order valence-electron chi connectivity index (χ1n) is 5.78. The van der Waals surface area contributed by atoms with E-state index in [0.717, 1.165) is 11.3 Å². The Kier molecular flexibility index (Phi) is 2.45. The van der Waals surface area contributed by atoms with Crippen LogP contribution in [0, 0.1) is 5.92 Å². The lowest BCUT2D eigenvalue weighted by atomic mass is 9.65. The van der Waals surface area contributed by atoms with Gasteiger partial charge in [0.25, 0.3) is 0 Å². The number of hydrogen-bond acceptors (Lipinski definition) is 2. The summed E-state index contributed by atoms with van der Waals surface area (Å²) in [5.74, 6) is -0.584. The van der Waals surface area contributed by atoms with Crippen molar-refractivity contribution in [3.8, 4) is 5.75 Å². The van der Waals surface area contributed by atoms with Crippen LogP contribution in [0.3, 0.4) is 0 Å². The molecule has 17 heavy (non-hydrogen) atoms. The van der Waals surface area contributed by atoms with E-state index in [9.17, 15) is 9.90 Å². The monoisotopic (exact) mass is 234 g/mol. The minimum absolute atomic E-state index is 0.440. The van der Waals surface area contributed by atoms with Crippen LogP contribution in [-0.2, 0) is 10.2 Å². The van der Waals surface area contributed by atoms with Crippen LogP contribution >= 0.6 is 0 Å². The molecule has 1 aliphatic rings. The molecule has 0 radical (unpaired) electrons. The maximum absolute atomic E-state index is 11.5. The quantitative estimate of drug-likeness (QED) is 0.812. The van der Waals surface area contributed by atoms with Crippen molar-refractivity contribution in [3.63, 3.8) is 0 Å². The third kappa shape index (κ3) is 1.70. The summed E-state index contributed by atoms with van der Waals surface area (Å²) in [6.07, 6.45) is 0. The van der Waals surface area contributed by atoms with Gasteiger partial charge in [-0.15, -0.1) is 0 Å². The van der Waals surface area contributed by atoms with E-state index in [1.165, 1.54) is 0 Å². The molecule has 0 bridgehead atoms. The largest absolute Gasteiger partial charge is 0.487 e. The third-order valence-electron chi connectivity index (χ3n) is 3.62. The first kappa shape index (κ1) is 12.0. The number of rotatable bonds is 1. The van der Waals surface area contributed by atoms with Crippen LogP contribution in [0.15, 0.2) is 24.3 Å². The molecule has 2 rings (SSSR count). The van der Waals surface area contributed by atoms with Gasteiger partial charge in [0, 0.05) is 11.0 Å². The van der Waals surface area contributed by atoms with Gasteiger partial charge in [-0.2, -0.15) is 0 Å². The molecule has 3 heteroatoms. The second kappa shape index (κ2) is 3.49. The van der Waals surface area contributed by atoms with Gasteiger partial charge in [-0.1, -0.05) is 32.0 Å². The zero-order valence-electron chi connectivity index (χ0n) is 10.7. The van der Waals surface area contributed by atoms with Gasteiger partial charge in [0.15, 0.2) is 0 Å². The van der Waals surface area contributed by atoms with Crippen LogP contribution in [0.2, 0.25) is 0 Å². The van der Waals surface area contributed by atoms with Gasteiger partial charge in [0.1, 0.15) is 17.3 Å². The summed E-state index contributed by atoms with van der Waals surface area (Å²) in [5.41, 5.74) is -0.180. The summed E-state index contributed by atoms with van der Waals surface area (Å²) in [4.78, 5) is 11.5. The highest BCUT2D eigenvalue weighted by atomic mass is 16.5. The molecule has 1 unspecified atom stereocenters. The van der Waals surface area contributed by atoms with E-state index >= 15 is 0 Å². The summed E-state index contributed by atoms with van der Waals surface area (Å²) in [5, 5.41) is 9.46. The fourth-order valence-corrected chi connectivity index (χ4v) is 3.06. The minimum atomic E-state index is -0.811. The highest BCUT2D eigenvalue weighted by Crippen LogP contribution is 2.48. The number of fused-ring (bicyclic) bond motifs is 1. The van der Waals surface area contributed by atoms with Crippen molar-refractivity contribution < 1.29 is 14.6 Å². The number of carboxylic acid groups (broad SMARTS) is 1. The lowest BCUT2D eigenvalue weighted by Gasteiger charge is -2.47. The summed E-state index contributed by atoms with van der Waals surface area (Å²) in [6, 6.07) is 7.67. The zero-order valence-corrected chi connectivity index (χ0v) is 10.7. The molecule has 1 aliphatic heterocycles. The predicted octanol–water partition coefficient (Wildman–Crippen LogP) is 2.84. The molecular weight excluding hydrogens is 216 g/mol. The van der Waals surface area contributed by atoms with Crippen molar-refractivity contribution in [3.05, 3.63) is 29.8 Å². The molecule has 0 aromatic heterocycles. The molecule has 0 fully saturated rings. The van der Waals surface area contributed by atoms with Crippen molar-refractivity contribution in [1.29, 1.82) is 0 Å². The average molecular weight is 234 g/mol. The fraction of sp³-hybridized carbons (Fsp3) is 0.500. The van der Waals surface area contributed by atoms with Gasteiger partial charge in [-0.25, -0.2) is 0 Å². The lowest BCUT2D eigenvalue weighted by molar-refractivity contribution is -0.154. The van der Waals surface area contributed by atoms with Gasteiger partial charge in [-0.3, -0.25) is 4.79 Å². The van der Waals surface area contributed by atoms with E-state index in [4.69, 9.17) is 4.74 Å². The highest BCUT2D eigenvalue weighted by Gasteiger charge is 2.52. The highest BCUT2D eigenvalue weighted by molar-refractivity contribution is 5.75. The second-order valence-corrected chi connectivity index (χ2v) is 5.69. The van der Waals surface area contributed by atoms with Crippen LogP contribution in [0.1, 0.15) is 33.3 Å². The van der Waals surface area contributed by atoms with E-state index < -0.39 is 22.9 Å². The summed E-state index contributed by atoms with van der Waals surface area (Å²) in [7, 11) is 0. The SMILES string of the molecule is CC1(C)Oc2ccccc2C(C)(C)C1C(=O)O. The standard InChI is InChI=1S/C14H18O3/c1-13(2)9-7-5-6-8-10(9)17-14(3,4)11(13)12(15)16/h5-8,11H,1-4H3,(H,15,16). The molecule has 92 valence electrons. The fourth-order valence-electron chi connectivity index (χ4n) is 3.06. The average Bonchev–Trinajstić information content (AvgIpc) is 2.14. The van der Waals surface area contributed by atoms with E-state index in [1.807, 2.05) is 52.0 Å². The topological polar surface area (TPSA) is 46.5 Å². The molecule has 0 amide bonds. The van der Waals surface area contributed by atoms with E-state index in [1.54, 1.807) is 0 Å². The van der Waals surface area contributed by atoms with Crippen molar-refractivity contribution in [2.24, 2.45) is 5.92 Å². The Bertz CT molecular complexity index is 460. The number of para-hydroxylation sites is 1. The molecule has 3 nitrogen and oxygen atoms in total. The van der Waals surface area contributed by atoms with Gasteiger partial charge < -0.3 is 9.84 Å². The molecule has 1 aromatic carbocycles. The Morgan fingerprint density at radius 2 is 1.82 bits per heavy atom.